The van der Waals surface area contributed by atoms with Crippen LogP contribution in [0, 0.1) is 18.2 Å². The van der Waals surface area contributed by atoms with Crippen LogP contribution >= 0.6 is 0 Å². The van der Waals surface area contributed by atoms with E-state index in [0.717, 1.165) is 24.6 Å². The molecule has 2 saturated carbocycles. The first-order valence-electron chi connectivity index (χ1n) is 6.65. The second-order valence-electron chi connectivity index (χ2n) is 5.90. The minimum Gasteiger partial charge on any atom is -0.313 e. The van der Waals surface area contributed by atoms with Crippen LogP contribution in [-0.2, 0) is 6.42 Å². The van der Waals surface area contributed by atoms with Gasteiger partial charge in [-0.15, -0.1) is 0 Å². The molecule has 0 unspecified atom stereocenters. The highest BCUT2D eigenvalue weighted by atomic mass is 19.1. The van der Waals surface area contributed by atoms with E-state index in [9.17, 15) is 4.39 Å². The summed E-state index contributed by atoms with van der Waals surface area (Å²) in [6.07, 6.45) is 6.46. The van der Waals surface area contributed by atoms with Gasteiger partial charge in [0.15, 0.2) is 0 Å². The quantitative estimate of drug-likeness (QED) is 0.823. The van der Waals surface area contributed by atoms with Gasteiger partial charge < -0.3 is 5.32 Å². The third kappa shape index (κ3) is 2.68. The number of nitrogens with one attached hydrogen (secondary N) is 1. The largest absolute Gasteiger partial charge is 0.313 e. The summed E-state index contributed by atoms with van der Waals surface area (Å²) < 4.78 is 13.0. The van der Waals surface area contributed by atoms with E-state index in [-0.39, 0.29) is 5.82 Å². The smallest absolute Gasteiger partial charge is 0.123 e. The van der Waals surface area contributed by atoms with Gasteiger partial charge in [0.1, 0.15) is 5.82 Å². The van der Waals surface area contributed by atoms with E-state index in [0.29, 0.717) is 5.41 Å². The van der Waals surface area contributed by atoms with Crippen LogP contribution in [-0.4, -0.2) is 12.6 Å². The van der Waals surface area contributed by atoms with Gasteiger partial charge >= 0.3 is 0 Å². The molecule has 2 aliphatic rings. The Hall–Kier alpha value is -0.890. The SMILES string of the molecule is Cc1cc(F)ccc1CC1(CNC2CC2)CC1. The molecule has 1 nitrogen and oxygen atoms in total. The molecule has 92 valence electrons. The molecule has 3 rings (SSSR count). The molecule has 2 fully saturated rings. The first kappa shape index (κ1) is 11.2. The highest BCUT2D eigenvalue weighted by Crippen LogP contribution is 2.48. The lowest BCUT2D eigenvalue weighted by Gasteiger charge is -2.17. The highest BCUT2D eigenvalue weighted by Gasteiger charge is 2.43. The molecule has 0 bridgehead atoms. The summed E-state index contributed by atoms with van der Waals surface area (Å²) in [5, 5.41) is 3.64. The number of hydrogen-bond acceptors (Lipinski definition) is 1. The second kappa shape index (κ2) is 4.09. The minimum absolute atomic E-state index is 0.118. The Balaban J connectivity index is 1.64. The van der Waals surface area contributed by atoms with E-state index in [2.05, 4.69) is 5.32 Å². The van der Waals surface area contributed by atoms with E-state index in [1.165, 1.54) is 31.2 Å². The Morgan fingerprint density at radius 2 is 2.12 bits per heavy atom. The zero-order valence-corrected chi connectivity index (χ0v) is 10.4. The van der Waals surface area contributed by atoms with Crippen molar-refractivity contribution in [1.29, 1.82) is 0 Å². The van der Waals surface area contributed by atoms with Gasteiger partial charge in [-0.3, -0.25) is 0 Å². The Labute approximate surface area is 102 Å². The summed E-state index contributed by atoms with van der Waals surface area (Å²) in [7, 11) is 0. The molecule has 2 heteroatoms. The van der Waals surface area contributed by atoms with Gasteiger partial charge in [0, 0.05) is 12.6 Å². The average Bonchev–Trinajstić information content (AvgIpc) is 3.15. The summed E-state index contributed by atoms with van der Waals surface area (Å²) >= 11 is 0. The van der Waals surface area contributed by atoms with Crippen LogP contribution in [0.25, 0.3) is 0 Å². The van der Waals surface area contributed by atoms with Gasteiger partial charge in [0.05, 0.1) is 0 Å². The monoisotopic (exact) mass is 233 g/mol. The van der Waals surface area contributed by atoms with Gasteiger partial charge in [-0.1, -0.05) is 6.07 Å². The maximum absolute atomic E-state index is 13.0. The number of rotatable bonds is 5. The normalized spacial score (nSPS) is 21.5. The van der Waals surface area contributed by atoms with Crippen LogP contribution in [0.15, 0.2) is 18.2 Å². The van der Waals surface area contributed by atoms with Gasteiger partial charge in [-0.2, -0.15) is 0 Å². The summed E-state index contributed by atoms with van der Waals surface area (Å²) in [6, 6.07) is 6.00. The predicted octanol–water partition coefficient (Wildman–Crippen LogP) is 3.21. The zero-order chi connectivity index (χ0) is 11.9. The van der Waals surface area contributed by atoms with Crippen LogP contribution in [0.5, 0.6) is 0 Å². The van der Waals surface area contributed by atoms with Crippen LogP contribution in [0.4, 0.5) is 4.39 Å². The number of halogens is 1. The van der Waals surface area contributed by atoms with E-state index in [4.69, 9.17) is 0 Å². The van der Waals surface area contributed by atoms with Crippen molar-refractivity contribution in [2.45, 2.75) is 45.1 Å². The number of benzene rings is 1. The summed E-state index contributed by atoms with van der Waals surface area (Å²) in [6.45, 7) is 3.16. The Morgan fingerprint density at radius 3 is 2.71 bits per heavy atom. The summed E-state index contributed by atoms with van der Waals surface area (Å²) in [5.41, 5.74) is 2.90. The van der Waals surface area contributed by atoms with E-state index >= 15 is 0 Å². The molecule has 0 amide bonds. The minimum atomic E-state index is -0.118. The molecular weight excluding hydrogens is 213 g/mol. The Bertz CT molecular complexity index is 419. The molecule has 1 aromatic carbocycles. The molecular formula is C15H20FN. The topological polar surface area (TPSA) is 12.0 Å². The van der Waals surface area contributed by atoms with Crippen LogP contribution in [0.2, 0.25) is 0 Å². The third-order valence-electron chi connectivity index (χ3n) is 4.17. The van der Waals surface area contributed by atoms with E-state index < -0.39 is 0 Å². The Morgan fingerprint density at radius 1 is 1.35 bits per heavy atom. The van der Waals surface area contributed by atoms with Gasteiger partial charge in [-0.05, 0) is 67.7 Å². The van der Waals surface area contributed by atoms with E-state index in [1.807, 2.05) is 13.0 Å². The third-order valence-corrected chi connectivity index (χ3v) is 4.17. The van der Waals surface area contributed by atoms with Gasteiger partial charge in [-0.25, -0.2) is 4.39 Å². The lowest BCUT2D eigenvalue weighted by molar-refractivity contribution is 0.452. The molecule has 1 aromatic rings. The van der Waals surface area contributed by atoms with Gasteiger partial charge in [0.25, 0.3) is 0 Å². The average molecular weight is 233 g/mol. The fourth-order valence-electron chi connectivity index (χ4n) is 2.50. The zero-order valence-electron chi connectivity index (χ0n) is 10.4. The van der Waals surface area contributed by atoms with Crippen molar-refractivity contribution in [3.63, 3.8) is 0 Å². The van der Waals surface area contributed by atoms with E-state index in [1.54, 1.807) is 12.1 Å². The van der Waals surface area contributed by atoms with Crippen LogP contribution in [0.1, 0.15) is 36.8 Å². The Kier molecular flexibility index (Phi) is 2.70. The first-order valence-corrected chi connectivity index (χ1v) is 6.65. The molecule has 0 radical (unpaired) electrons. The molecule has 2 aliphatic carbocycles. The first-order chi connectivity index (χ1) is 8.17. The molecule has 0 aromatic heterocycles. The van der Waals surface area contributed by atoms with Crippen molar-refractivity contribution in [3.8, 4) is 0 Å². The molecule has 0 aliphatic heterocycles. The highest BCUT2D eigenvalue weighted by molar-refractivity contribution is 5.28. The van der Waals surface area contributed by atoms with Crippen LogP contribution in [0.3, 0.4) is 0 Å². The van der Waals surface area contributed by atoms with Crippen molar-refractivity contribution < 1.29 is 4.39 Å². The predicted molar refractivity (Wildman–Crippen MR) is 67.5 cm³/mol. The molecule has 0 heterocycles. The maximum atomic E-state index is 13.0. The molecule has 0 saturated heterocycles. The van der Waals surface area contributed by atoms with Crippen molar-refractivity contribution in [1.82, 2.24) is 5.32 Å². The fraction of sp³-hybridized carbons (Fsp3) is 0.600. The molecule has 0 spiro atoms. The lowest BCUT2D eigenvalue weighted by Crippen LogP contribution is -2.27. The van der Waals surface area contributed by atoms with Crippen molar-refractivity contribution in [2.24, 2.45) is 5.41 Å². The van der Waals surface area contributed by atoms with Crippen LogP contribution < -0.4 is 5.32 Å². The number of aryl methyl sites for hydroxylation is 1. The molecule has 17 heavy (non-hydrogen) atoms. The summed E-state index contributed by atoms with van der Waals surface area (Å²) in [5.74, 6) is -0.118. The molecule has 0 atom stereocenters. The van der Waals surface area contributed by atoms with Crippen molar-refractivity contribution in [2.75, 3.05) is 6.54 Å². The molecule has 1 N–H and O–H groups in total. The second-order valence-corrected chi connectivity index (χ2v) is 5.90. The number of hydrogen-bond donors (Lipinski definition) is 1. The maximum Gasteiger partial charge on any atom is 0.123 e. The van der Waals surface area contributed by atoms with Crippen molar-refractivity contribution >= 4 is 0 Å². The van der Waals surface area contributed by atoms with Crippen molar-refractivity contribution in [3.05, 3.63) is 35.1 Å². The van der Waals surface area contributed by atoms with Gasteiger partial charge in [0.2, 0.25) is 0 Å². The fourth-order valence-corrected chi connectivity index (χ4v) is 2.50. The summed E-state index contributed by atoms with van der Waals surface area (Å²) in [4.78, 5) is 0. The standard InChI is InChI=1S/C15H20FN/c1-11-8-13(16)3-2-12(11)9-15(6-7-15)10-17-14-4-5-14/h2-3,8,14,17H,4-7,9-10H2,1H3. The lowest BCUT2D eigenvalue weighted by atomic mass is 9.93.